The van der Waals surface area contributed by atoms with Gasteiger partial charge in [-0.1, -0.05) is 5.92 Å². The third-order valence-corrected chi connectivity index (χ3v) is 1.72. The molecule has 0 N–H and O–H groups in total. The molecule has 0 aliphatic carbocycles. The fourth-order valence-electron chi connectivity index (χ4n) is 0.977. The normalized spacial score (nSPS) is 10.1. The Morgan fingerprint density at radius 3 is 2.73 bits per heavy atom. The Hall–Kier alpha value is -1.15. The summed E-state index contributed by atoms with van der Waals surface area (Å²) in [5, 5.41) is 0. The van der Waals surface area contributed by atoms with Crippen molar-refractivity contribution in [1.29, 1.82) is 0 Å². The van der Waals surface area contributed by atoms with Gasteiger partial charge in [-0.3, -0.25) is 4.79 Å². The zero-order valence-corrected chi connectivity index (χ0v) is 8.71. The minimum atomic E-state index is -2.49. The first kappa shape index (κ1) is 13.8. The first-order valence-corrected chi connectivity index (χ1v) is 4.69. The Kier molecular flexibility index (Phi) is 7.56. The van der Waals surface area contributed by atoms with E-state index in [1.807, 2.05) is 0 Å². The molecule has 0 heterocycles. The second-order valence-electron chi connectivity index (χ2n) is 2.83. The molecule has 86 valence electrons. The van der Waals surface area contributed by atoms with E-state index < -0.39 is 13.0 Å². The fourth-order valence-corrected chi connectivity index (χ4v) is 0.977. The van der Waals surface area contributed by atoms with Crippen LogP contribution < -0.4 is 0 Å². The van der Waals surface area contributed by atoms with Crippen molar-refractivity contribution in [2.75, 3.05) is 26.3 Å². The minimum absolute atomic E-state index is 0.00421. The number of ether oxygens (including phenoxy) is 1. The van der Waals surface area contributed by atoms with Crippen LogP contribution in [0.2, 0.25) is 0 Å². The molecule has 1 amide bonds. The van der Waals surface area contributed by atoms with Crippen molar-refractivity contribution in [3.63, 3.8) is 0 Å². The van der Waals surface area contributed by atoms with E-state index in [1.54, 1.807) is 6.92 Å². The van der Waals surface area contributed by atoms with Crippen LogP contribution in [0.15, 0.2) is 0 Å². The predicted octanol–water partition coefficient (Wildman–Crippen LogP) is 1.14. The molecule has 0 saturated heterocycles. The highest BCUT2D eigenvalue weighted by atomic mass is 19.3. The maximum atomic E-state index is 11.7. The van der Waals surface area contributed by atoms with E-state index in [9.17, 15) is 13.6 Å². The van der Waals surface area contributed by atoms with E-state index in [1.165, 1.54) is 4.90 Å². The molecule has 0 radical (unpaired) electrons. The van der Waals surface area contributed by atoms with Gasteiger partial charge in [-0.05, 0) is 6.92 Å². The summed E-state index contributed by atoms with van der Waals surface area (Å²) in [6.45, 7) is 1.93. The van der Waals surface area contributed by atoms with E-state index in [0.29, 0.717) is 6.54 Å². The van der Waals surface area contributed by atoms with Gasteiger partial charge in [0.05, 0.1) is 19.6 Å². The van der Waals surface area contributed by atoms with Crippen molar-refractivity contribution in [2.45, 2.75) is 19.8 Å². The van der Waals surface area contributed by atoms with Gasteiger partial charge in [0.15, 0.2) is 0 Å². The van der Waals surface area contributed by atoms with Gasteiger partial charge < -0.3 is 9.64 Å². The minimum Gasteiger partial charge on any atom is -0.375 e. The summed E-state index contributed by atoms with van der Waals surface area (Å²) in [4.78, 5) is 12.8. The zero-order chi connectivity index (χ0) is 11.7. The van der Waals surface area contributed by atoms with E-state index in [2.05, 4.69) is 10.7 Å². The predicted molar refractivity (Wildman–Crippen MR) is 52.5 cm³/mol. The maximum absolute atomic E-state index is 11.7. The van der Waals surface area contributed by atoms with E-state index in [-0.39, 0.29) is 25.5 Å². The fraction of sp³-hybridized carbons (Fsp3) is 0.700. The number of hydrogen-bond donors (Lipinski definition) is 0. The number of carbonyl (C=O) groups excluding carboxylic acids is 1. The molecule has 3 nitrogen and oxygen atoms in total. The third-order valence-electron chi connectivity index (χ3n) is 1.72. The lowest BCUT2D eigenvalue weighted by atomic mass is 10.3. The third kappa shape index (κ3) is 6.86. The molecular formula is C10H15F2NO2. The molecule has 5 heteroatoms. The van der Waals surface area contributed by atoms with Crippen LogP contribution in [-0.2, 0) is 9.53 Å². The quantitative estimate of drug-likeness (QED) is 0.474. The van der Waals surface area contributed by atoms with Crippen LogP contribution in [0.4, 0.5) is 8.78 Å². The van der Waals surface area contributed by atoms with Crippen LogP contribution in [0, 0.1) is 12.3 Å². The smallest absolute Gasteiger partial charge is 0.261 e. The second-order valence-corrected chi connectivity index (χ2v) is 2.83. The summed E-state index contributed by atoms with van der Waals surface area (Å²) < 4.78 is 27.9. The molecule has 0 saturated carbocycles. The van der Waals surface area contributed by atoms with E-state index >= 15 is 0 Å². The van der Waals surface area contributed by atoms with Crippen molar-refractivity contribution in [1.82, 2.24) is 4.90 Å². The van der Waals surface area contributed by atoms with Crippen molar-refractivity contribution in [3.05, 3.63) is 0 Å². The molecule has 0 unspecified atom stereocenters. The molecule has 0 bridgehead atoms. The van der Waals surface area contributed by atoms with Gasteiger partial charge in [0.1, 0.15) is 6.61 Å². The number of carbonyl (C=O) groups is 1. The van der Waals surface area contributed by atoms with Crippen LogP contribution in [0.1, 0.15) is 13.3 Å². The topological polar surface area (TPSA) is 29.5 Å². The van der Waals surface area contributed by atoms with Gasteiger partial charge in [0, 0.05) is 6.54 Å². The van der Waals surface area contributed by atoms with Crippen molar-refractivity contribution >= 4 is 5.91 Å². The van der Waals surface area contributed by atoms with E-state index in [0.717, 1.165) is 0 Å². The number of rotatable bonds is 7. The van der Waals surface area contributed by atoms with Crippen LogP contribution in [-0.4, -0.2) is 43.5 Å². The number of alkyl halides is 2. The first-order valence-electron chi connectivity index (χ1n) is 4.69. The van der Waals surface area contributed by atoms with Crippen molar-refractivity contribution < 1.29 is 18.3 Å². The highest BCUT2D eigenvalue weighted by molar-refractivity contribution is 5.76. The molecule has 0 aromatic rings. The largest absolute Gasteiger partial charge is 0.375 e. The van der Waals surface area contributed by atoms with Gasteiger partial charge in [0.2, 0.25) is 5.91 Å². The molecule has 0 aromatic carbocycles. The summed E-state index contributed by atoms with van der Waals surface area (Å²) in [6, 6.07) is 0. The second kappa shape index (κ2) is 8.18. The summed E-state index contributed by atoms with van der Waals surface area (Å²) in [7, 11) is 0. The van der Waals surface area contributed by atoms with Gasteiger partial charge in [-0.25, -0.2) is 8.78 Å². The molecule has 0 aliphatic heterocycles. The summed E-state index contributed by atoms with van der Waals surface area (Å²) in [5.74, 6) is 2.18. The van der Waals surface area contributed by atoms with E-state index in [4.69, 9.17) is 6.42 Å². The molecule has 15 heavy (non-hydrogen) atoms. The monoisotopic (exact) mass is 219 g/mol. The summed E-state index contributed by atoms with van der Waals surface area (Å²) in [6.07, 6.45) is 2.66. The molecule has 0 fully saturated rings. The van der Waals surface area contributed by atoms with Gasteiger partial charge >= 0.3 is 0 Å². The highest BCUT2D eigenvalue weighted by Gasteiger charge is 2.10. The van der Waals surface area contributed by atoms with Crippen LogP contribution in [0.25, 0.3) is 0 Å². The SMILES string of the molecule is C#CCN(CC)C(=O)CCOCC(F)F. The van der Waals surface area contributed by atoms with Gasteiger partial charge in [0.25, 0.3) is 6.43 Å². The average Bonchev–Trinajstić information content (AvgIpc) is 2.20. The molecule has 0 atom stereocenters. The lowest BCUT2D eigenvalue weighted by molar-refractivity contribution is -0.131. The molecular weight excluding hydrogens is 204 g/mol. The van der Waals surface area contributed by atoms with Crippen molar-refractivity contribution in [2.24, 2.45) is 0 Å². The lowest BCUT2D eigenvalue weighted by Crippen LogP contribution is -2.31. The summed E-state index contributed by atoms with van der Waals surface area (Å²) in [5.41, 5.74) is 0. The zero-order valence-electron chi connectivity index (χ0n) is 8.71. The highest BCUT2D eigenvalue weighted by Crippen LogP contribution is 1.97. The Balaban J connectivity index is 3.67. The Morgan fingerprint density at radius 1 is 1.60 bits per heavy atom. The number of amides is 1. The summed E-state index contributed by atoms with van der Waals surface area (Å²) >= 11 is 0. The Morgan fingerprint density at radius 2 is 2.27 bits per heavy atom. The Labute approximate surface area is 88.4 Å². The van der Waals surface area contributed by atoms with Gasteiger partial charge in [-0.2, -0.15) is 0 Å². The standard InChI is InChI=1S/C10H15F2NO2/c1-3-6-13(4-2)10(14)5-7-15-8-9(11)12/h1,9H,4-8H2,2H3. The molecule has 0 aromatic heterocycles. The van der Waals surface area contributed by atoms with Crippen LogP contribution >= 0.6 is 0 Å². The average molecular weight is 219 g/mol. The van der Waals surface area contributed by atoms with Crippen LogP contribution in [0.5, 0.6) is 0 Å². The lowest BCUT2D eigenvalue weighted by Gasteiger charge is -2.17. The van der Waals surface area contributed by atoms with Crippen LogP contribution in [0.3, 0.4) is 0 Å². The Bertz CT molecular complexity index is 226. The molecule has 0 spiro atoms. The number of nitrogens with zero attached hydrogens (tertiary/aromatic N) is 1. The molecule has 0 rings (SSSR count). The number of halogens is 2. The maximum Gasteiger partial charge on any atom is 0.261 e. The number of hydrogen-bond acceptors (Lipinski definition) is 2. The molecule has 0 aliphatic rings. The van der Waals surface area contributed by atoms with Gasteiger partial charge in [-0.15, -0.1) is 6.42 Å². The number of terminal acetylenes is 1. The first-order chi connectivity index (χ1) is 7.11. The van der Waals surface area contributed by atoms with Crippen molar-refractivity contribution in [3.8, 4) is 12.3 Å².